The molecule has 122 valence electrons. The summed E-state index contributed by atoms with van der Waals surface area (Å²) in [5.41, 5.74) is 3.48. The number of aromatic amines is 1. The first kappa shape index (κ1) is 18.8. The molecule has 1 aromatic heterocycles. The van der Waals surface area contributed by atoms with Crippen molar-refractivity contribution in [3.63, 3.8) is 0 Å². The molecule has 0 atom stereocenters. The summed E-state index contributed by atoms with van der Waals surface area (Å²) in [6.07, 6.45) is 0.995. The summed E-state index contributed by atoms with van der Waals surface area (Å²) >= 11 is 0. The molecule has 0 bridgehead atoms. The third-order valence-corrected chi connectivity index (χ3v) is 3.40. The highest BCUT2D eigenvalue weighted by atomic mass is 35.5. The molecule has 22 heavy (non-hydrogen) atoms. The highest BCUT2D eigenvalue weighted by Gasteiger charge is 2.14. The van der Waals surface area contributed by atoms with Gasteiger partial charge in [0.15, 0.2) is 0 Å². The number of fused-ring (bicyclic) bond motifs is 1. The fourth-order valence-electron chi connectivity index (χ4n) is 2.35. The molecule has 0 aliphatic carbocycles. The predicted molar refractivity (Wildman–Crippen MR) is 94.3 cm³/mol. The van der Waals surface area contributed by atoms with Gasteiger partial charge in [-0.25, -0.2) is 4.98 Å². The van der Waals surface area contributed by atoms with E-state index in [0.29, 0.717) is 5.92 Å². The summed E-state index contributed by atoms with van der Waals surface area (Å²) in [6.45, 7) is 6.93. The van der Waals surface area contributed by atoms with Gasteiger partial charge in [-0.3, -0.25) is 0 Å². The molecule has 0 radical (unpaired) electrons. The van der Waals surface area contributed by atoms with Crippen LogP contribution >= 0.6 is 24.8 Å². The Hall–Kier alpha value is -1.23. The topological polar surface area (TPSA) is 49.9 Å². The molecular weight excluding hydrogens is 321 g/mol. The van der Waals surface area contributed by atoms with Crippen molar-refractivity contribution in [2.24, 2.45) is 5.92 Å². The third kappa shape index (κ3) is 4.38. The van der Waals surface area contributed by atoms with Crippen molar-refractivity contribution >= 4 is 24.8 Å². The van der Waals surface area contributed by atoms with E-state index in [9.17, 15) is 0 Å². The van der Waals surface area contributed by atoms with Gasteiger partial charge >= 0.3 is 0 Å². The summed E-state index contributed by atoms with van der Waals surface area (Å²) in [6, 6.07) is 8.14. The van der Waals surface area contributed by atoms with Crippen LogP contribution in [0, 0.1) is 5.92 Å². The minimum Gasteiger partial charge on any atom is -0.493 e. The van der Waals surface area contributed by atoms with E-state index in [4.69, 9.17) is 9.72 Å². The lowest BCUT2D eigenvalue weighted by molar-refractivity contribution is 0.271. The second-order valence-electron chi connectivity index (χ2n) is 5.67. The fourth-order valence-corrected chi connectivity index (χ4v) is 2.35. The maximum Gasteiger partial charge on any atom is 0.137 e. The molecule has 1 aliphatic heterocycles. The molecule has 0 spiro atoms. The molecule has 0 amide bonds. The zero-order valence-electron chi connectivity index (χ0n) is 12.9. The van der Waals surface area contributed by atoms with Gasteiger partial charge in [0.25, 0.3) is 0 Å². The zero-order chi connectivity index (χ0) is 13.9. The van der Waals surface area contributed by atoms with Crippen molar-refractivity contribution in [1.82, 2.24) is 15.3 Å². The first-order valence-electron chi connectivity index (χ1n) is 7.24. The number of hydrogen-bond donors (Lipinski definition) is 2. The minimum atomic E-state index is 0. The number of halogens is 2. The number of rotatable bonds is 4. The van der Waals surface area contributed by atoms with Crippen LogP contribution in [0.15, 0.2) is 24.3 Å². The Labute approximate surface area is 143 Å². The van der Waals surface area contributed by atoms with Gasteiger partial charge < -0.3 is 15.0 Å². The highest BCUT2D eigenvalue weighted by molar-refractivity contribution is 5.85. The largest absolute Gasteiger partial charge is 0.493 e. The van der Waals surface area contributed by atoms with Crippen LogP contribution in [-0.2, 0) is 13.0 Å². The van der Waals surface area contributed by atoms with E-state index < -0.39 is 0 Å². The molecule has 0 unspecified atom stereocenters. The minimum absolute atomic E-state index is 0. The van der Waals surface area contributed by atoms with Crippen molar-refractivity contribution in [3.05, 3.63) is 35.7 Å². The van der Waals surface area contributed by atoms with Crippen molar-refractivity contribution in [2.45, 2.75) is 26.8 Å². The van der Waals surface area contributed by atoms with Crippen LogP contribution in [0.4, 0.5) is 0 Å². The molecular formula is C16H23Cl2N3O. The van der Waals surface area contributed by atoms with Crippen LogP contribution in [-0.4, -0.2) is 23.1 Å². The van der Waals surface area contributed by atoms with E-state index in [0.717, 1.165) is 43.3 Å². The first-order chi connectivity index (χ1) is 9.72. The number of ether oxygens (including phenoxy) is 1. The molecule has 6 heteroatoms. The highest BCUT2D eigenvalue weighted by Crippen LogP contribution is 2.24. The standard InChI is InChI=1S/C16H21N3O.2ClH/c1-11(2)10-20-13-5-3-4-12(8-13)16-18-14-6-7-17-9-15(14)19-16;;/h3-5,8,11,17H,6-7,9-10H2,1-2H3,(H,18,19);2*1H. The van der Waals surface area contributed by atoms with E-state index in [-0.39, 0.29) is 24.8 Å². The first-order valence-corrected chi connectivity index (χ1v) is 7.24. The SMILES string of the molecule is CC(C)COc1cccc(-c2nc3c([nH]2)CNCC3)c1.Cl.Cl. The van der Waals surface area contributed by atoms with Crippen LogP contribution in [0.5, 0.6) is 5.75 Å². The monoisotopic (exact) mass is 343 g/mol. The molecule has 2 heterocycles. The Morgan fingerprint density at radius 3 is 2.82 bits per heavy atom. The summed E-state index contributed by atoms with van der Waals surface area (Å²) < 4.78 is 5.78. The van der Waals surface area contributed by atoms with Crippen molar-refractivity contribution in [1.29, 1.82) is 0 Å². The van der Waals surface area contributed by atoms with E-state index in [2.05, 4.69) is 36.3 Å². The Kier molecular flexibility index (Phi) is 7.20. The van der Waals surface area contributed by atoms with Crippen LogP contribution in [0.1, 0.15) is 25.2 Å². The Bertz CT molecular complexity index is 575. The molecule has 1 aromatic carbocycles. The van der Waals surface area contributed by atoms with E-state index in [1.165, 1.54) is 11.4 Å². The number of nitrogens with zero attached hydrogens (tertiary/aromatic N) is 1. The summed E-state index contributed by atoms with van der Waals surface area (Å²) in [4.78, 5) is 8.12. The van der Waals surface area contributed by atoms with Gasteiger partial charge in [0.1, 0.15) is 11.6 Å². The quantitative estimate of drug-likeness (QED) is 0.891. The van der Waals surface area contributed by atoms with Gasteiger partial charge in [-0.05, 0) is 18.1 Å². The van der Waals surface area contributed by atoms with Crippen LogP contribution in [0.3, 0.4) is 0 Å². The van der Waals surface area contributed by atoms with E-state index >= 15 is 0 Å². The smallest absolute Gasteiger partial charge is 0.137 e. The maximum absolute atomic E-state index is 5.78. The number of H-pyrrole nitrogens is 1. The number of nitrogens with one attached hydrogen (secondary N) is 2. The van der Waals surface area contributed by atoms with Crippen LogP contribution in [0.2, 0.25) is 0 Å². The molecule has 0 saturated carbocycles. The predicted octanol–water partition coefficient (Wildman–Crippen LogP) is 3.60. The van der Waals surface area contributed by atoms with Gasteiger partial charge in [0.05, 0.1) is 18.0 Å². The second kappa shape index (κ2) is 8.42. The molecule has 2 N–H and O–H groups in total. The second-order valence-corrected chi connectivity index (χ2v) is 5.67. The lowest BCUT2D eigenvalue weighted by Gasteiger charge is -2.09. The lowest BCUT2D eigenvalue weighted by atomic mass is 10.2. The molecule has 0 fully saturated rings. The van der Waals surface area contributed by atoms with Gasteiger partial charge in [-0.1, -0.05) is 26.0 Å². The number of imidazole rings is 1. The van der Waals surface area contributed by atoms with Crippen molar-refractivity contribution in [2.75, 3.05) is 13.2 Å². The molecule has 1 aliphatic rings. The Balaban J connectivity index is 0.00000121. The lowest BCUT2D eigenvalue weighted by Crippen LogP contribution is -2.23. The van der Waals surface area contributed by atoms with Gasteiger partial charge in [0.2, 0.25) is 0 Å². The van der Waals surface area contributed by atoms with Gasteiger partial charge in [-0.15, -0.1) is 24.8 Å². The molecule has 3 rings (SSSR count). The van der Waals surface area contributed by atoms with Crippen LogP contribution in [0.25, 0.3) is 11.4 Å². The zero-order valence-corrected chi connectivity index (χ0v) is 14.5. The number of hydrogen-bond acceptors (Lipinski definition) is 3. The molecule has 2 aromatic rings. The average molecular weight is 344 g/mol. The molecule has 0 saturated heterocycles. The summed E-state index contributed by atoms with van der Waals surface area (Å²) in [5, 5.41) is 3.35. The van der Waals surface area contributed by atoms with Crippen molar-refractivity contribution < 1.29 is 4.74 Å². The summed E-state index contributed by atoms with van der Waals surface area (Å²) in [7, 11) is 0. The fraction of sp³-hybridized carbons (Fsp3) is 0.438. The summed E-state index contributed by atoms with van der Waals surface area (Å²) in [5.74, 6) is 2.37. The number of benzene rings is 1. The van der Waals surface area contributed by atoms with E-state index in [1.807, 2.05) is 12.1 Å². The van der Waals surface area contributed by atoms with Crippen LogP contribution < -0.4 is 10.1 Å². The van der Waals surface area contributed by atoms with Crippen molar-refractivity contribution in [3.8, 4) is 17.1 Å². The third-order valence-electron chi connectivity index (χ3n) is 3.40. The average Bonchev–Trinajstić information content (AvgIpc) is 2.89. The maximum atomic E-state index is 5.78. The Morgan fingerprint density at radius 1 is 1.27 bits per heavy atom. The van der Waals surface area contributed by atoms with E-state index in [1.54, 1.807) is 0 Å². The normalized spacial score (nSPS) is 13.0. The Morgan fingerprint density at radius 2 is 2.09 bits per heavy atom. The number of aromatic nitrogens is 2. The molecule has 4 nitrogen and oxygen atoms in total. The van der Waals surface area contributed by atoms with Gasteiger partial charge in [0, 0.05) is 25.1 Å². The van der Waals surface area contributed by atoms with Gasteiger partial charge in [-0.2, -0.15) is 0 Å².